The highest BCUT2D eigenvalue weighted by molar-refractivity contribution is 5.28. The van der Waals surface area contributed by atoms with Gasteiger partial charge in [0.25, 0.3) is 0 Å². The average molecular weight is 261 g/mol. The summed E-state index contributed by atoms with van der Waals surface area (Å²) in [5, 5.41) is 7.10. The van der Waals surface area contributed by atoms with Crippen molar-refractivity contribution >= 4 is 0 Å². The van der Waals surface area contributed by atoms with Crippen LogP contribution in [0.3, 0.4) is 0 Å². The van der Waals surface area contributed by atoms with Gasteiger partial charge in [0.15, 0.2) is 5.82 Å². The Morgan fingerprint density at radius 1 is 1.32 bits per heavy atom. The van der Waals surface area contributed by atoms with E-state index in [1.165, 1.54) is 12.0 Å². The Hall–Kier alpha value is -1.88. The van der Waals surface area contributed by atoms with Crippen LogP contribution in [0.5, 0.6) is 5.75 Å². The Kier molecular flexibility index (Phi) is 4.92. The minimum atomic E-state index is 0.221. The lowest BCUT2D eigenvalue weighted by molar-refractivity contribution is 0.317. The van der Waals surface area contributed by atoms with Crippen molar-refractivity contribution < 1.29 is 9.26 Å². The summed E-state index contributed by atoms with van der Waals surface area (Å²) in [4.78, 5) is 3.97. The second-order valence-electron chi connectivity index (χ2n) is 4.37. The quantitative estimate of drug-likeness (QED) is 0.830. The molecule has 19 heavy (non-hydrogen) atoms. The molecule has 1 atom stereocenters. The fourth-order valence-corrected chi connectivity index (χ4v) is 1.71. The second-order valence-corrected chi connectivity index (χ2v) is 4.37. The van der Waals surface area contributed by atoms with Crippen LogP contribution < -0.4 is 10.1 Å². The van der Waals surface area contributed by atoms with E-state index < -0.39 is 0 Å². The summed E-state index contributed by atoms with van der Waals surface area (Å²) in [7, 11) is 0. The lowest BCUT2D eigenvalue weighted by Gasteiger charge is -2.13. The highest BCUT2D eigenvalue weighted by Crippen LogP contribution is 2.17. The molecule has 0 saturated heterocycles. The van der Waals surface area contributed by atoms with Crippen molar-refractivity contribution in [1.29, 1.82) is 0 Å². The molecule has 2 aromatic rings. The summed E-state index contributed by atoms with van der Waals surface area (Å²) in [5.74, 6) is 1.57. The summed E-state index contributed by atoms with van der Waals surface area (Å²) in [5.41, 5.74) is 1.20. The Balaban J connectivity index is 1.86. The van der Waals surface area contributed by atoms with E-state index in [4.69, 9.17) is 4.74 Å². The maximum atomic E-state index is 5.56. The molecule has 0 aliphatic carbocycles. The maximum Gasteiger partial charge on any atom is 0.213 e. The van der Waals surface area contributed by atoms with Crippen LogP contribution in [0.1, 0.15) is 37.7 Å². The van der Waals surface area contributed by atoms with Crippen LogP contribution in [0, 0.1) is 0 Å². The fourth-order valence-electron chi connectivity index (χ4n) is 1.71. The van der Waals surface area contributed by atoms with Gasteiger partial charge in [-0.25, -0.2) is 0 Å². The standard InChI is InChI=1S/C14H19N3O2/c1-3-8-18-13-6-4-12(5-7-13)11(2)15-9-14-16-10-19-17-14/h4-7,10-11,15H,3,8-9H2,1-2H3. The van der Waals surface area contributed by atoms with Gasteiger partial charge in [0.05, 0.1) is 13.2 Å². The SMILES string of the molecule is CCCOc1ccc(C(C)NCc2ncon2)cc1. The lowest BCUT2D eigenvalue weighted by atomic mass is 10.1. The van der Waals surface area contributed by atoms with Crippen LogP contribution >= 0.6 is 0 Å². The molecule has 2 rings (SSSR count). The van der Waals surface area contributed by atoms with Crippen molar-refractivity contribution in [3.63, 3.8) is 0 Å². The van der Waals surface area contributed by atoms with E-state index in [-0.39, 0.29) is 6.04 Å². The first-order valence-corrected chi connectivity index (χ1v) is 6.51. The molecule has 1 N–H and O–H groups in total. The van der Waals surface area contributed by atoms with E-state index in [2.05, 4.69) is 46.0 Å². The third-order valence-corrected chi connectivity index (χ3v) is 2.83. The zero-order chi connectivity index (χ0) is 13.5. The Labute approximate surface area is 113 Å². The third-order valence-electron chi connectivity index (χ3n) is 2.83. The first-order chi connectivity index (χ1) is 9.29. The molecular formula is C14H19N3O2. The summed E-state index contributed by atoms with van der Waals surface area (Å²) in [6.07, 6.45) is 2.35. The summed E-state index contributed by atoms with van der Waals surface area (Å²) < 4.78 is 10.2. The molecule has 0 aliphatic rings. The fraction of sp³-hybridized carbons (Fsp3) is 0.429. The van der Waals surface area contributed by atoms with Crippen molar-refractivity contribution in [2.75, 3.05) is 6.61 Å². The minimum Gasteiger partial charge on any atom is -0.494 e. The van der Waals surface area contributed by atoms with E-state index in [0.29, 0.717) is 12.4 Å². The Morgan fingerprint density at radius 2 is 2.11 bits per heavy atom. The van der Waals surface area contributed by atoms with E-state index in [1.54, 1.807) is 0 Å². The number of hydrogen-bond acceptors (Lipinski definition) is 5. The van der Waals surface area contributed by atoms with Gasteiger partial charge in [0.2, 0.25) is 6.39 Å². The molecule has 0 bridgehead atoms. The highest BCUT2D eigenvalue weighted by atomic mass is 16.5. The van der Waals surface area contributed by atoms with Crippen LogP contribution in [-0.2, 0) is 6.54 Å². The number of ether oxygens (including phenoxy) is 1. The number of nitrogens with one attached hydrogen (secondary N) is 1. The number of rotatable bonds is 7. The van der Waals surface area contributed by atoms with Gasteiger partial charge in [-0.1, -0.05) is 24.2 Å². The van der Waals surface area contributed by atoms with Crippen LogP contribution in [0.4, 0.5) is 0 Å². The van der Waals surface area contributed by atoms with E-state index >= 15 is 0 Å². The molecular weight excluding hydrogens is 242 g/mol. The number of benzene rings is 1. The van der Waals surface area contributed by atoms with Crippen molar-refractivity contribution in [2.24, 2.45) is 0 Å². The van der Waals surface area contributed by atoms with Gasteiger partial charge < -0.3 is 14.6 Å². The summed E-state index contributed by atoms with van der Waals surface area (Å²) >= 11 is 0. The van der Waals surface area contributed by atoms with Crippen molar-refractivity contribution in [1.82, 2.24) is 15.5 Å². The smallest absolute Gasteiger partial charge is 0.213 e. The van der Waals surface area contributed by atoms with Crippen LogP contribution in [0.25, 0.3) is 0 Å². The van der Waals surface area contributed by atoms with E-state index in [9.17, 15) is 0 Å². The molecule has 0 saturated carbocycles. The van der Waals surface area contributed by atoms with Crippen molar-refractivity contribution in [3.8, 4) is 5.75 Å². The van der Waals surface area contributed by atoms with Crippen LogP contribution in [0.15, 0.2) is 35.2 Å². The zero-order valence-electron chi connectivity index (χ0n) is 11.3. The number of hydrogen-bond donors (Lipinski definition) is 1. The van der Waals surface area contributed by atoms with Crippen molar-refractivity contribution in [2.45, 2.75) is 32.9 Å². The lowest BCUT2D eigenvalue weighted by Crippen LogP contribution is -2.18. The molecule has 1 heterocycles. The van der Waals surface area contributed by atoms with Gasteiger partial charge in [-0.05, 0) is 31.0 Å². The highest BCUT2D eigenvalue weighted by Gasteiger charge is 2.06. The van der Waals surface area contributed by atoms with Gasteiger partial charge in [-0.2, -0.15) is 4.98 Å². The van der Waals surface area contributed by atoms with Gasteiger partial charge in [-0.15, -0.1) is 0 Å². The Morgan fingerprint density at radius 3 is 2.74 bits per heavy atom. The number of aromatic nitrogens is 2. The molecule has 0 aliphatic heterocycles. The largest absolute Gasteiger partial charge is 0.494 e. The van der Waals surface area contributed by atoms with E-state index in [1.807, 2.05) is 12.1 Å². The van der Waals surface area contributed by atoms with Gasteiger partial charge in [0.1, 0.15) is 5.75 Å². The first kappa shape index (κ1) is 13.5. The van der Waals surface area contributed by atoms with Gasteiger partial charge >= 0.3 is 0 Å². The minimum absolute atomic E-state index is 0.221. The monoisotopic (exact) mass is 261 g/mol. The van der Waals surface area contributed by atoms with Crippen molar-refractivity contribution in [3.05, 3.63) is 42.0 Å². The molecule has 0 amide bonds. The molecule has 102 valence electrons. The molecule has 0 radical (unpaired) electrons. The molecule has 0 fully saturated rings. The maximum absolute atomic E-state index is 5.56. The van der Waals surface area contributed by atoms with E-state index in [0.717, 1.165) is 18.8 Å². The van der Waals surface area contributed by atoms with Crippen LogP contribution in [-0.4, -0.2) is 16.7 Å². The van der Waals surface area contributed by atoms with Gasteiger partial charge in [0, 0.05) is 6.04 Å². The normalized spacial score (nSPS) is 12.3. The summed E-state index contributed by atoms with van der Waals surface area (Å²) in [6.45, 7) is 5.54. The molecule has 0 spiro atoms. The summed E-state index contributed by atoms with van der Waals surface area (Å²) in [6, 6.07) is 8.35. The van der Waals surface area contributed by atoms with Crippen LogP contribution in [0.2, 0.25) is 0 Å². The topological polar surface area (TPSA) is 60.2 Å². The predicted molar refractivity (Wildman–Crippen MR) is 71.8 cm³/mol. The molecule has 1 aromatic carbocycles. The zero-order valence-corrected chi connectivity index (χ0v) is 11.3. The predicted octanol–water partition coefficient (Wildman–Crippen LogP) is 2.71. The molecule has 5 heteroatoms. The first-order valence-electron chi connectivity index (χ1n) is 6.51. The average Bonchev–Trinajstić information content (AvgIpc) is 2.96. The molecule has 1 aromatic heterocycles. The molecule has 1 unspecified atom stereocenters. The Bertz CT molecular complexity index is 468. The molecule has 5 nitrogen and oxygen atoms in total. The second kappa shape index (κ2) is 6.89. The third kappa shape index (κ3) is 4.06. The number of nitrogens with zero attached hydrogens (tertiary/aromatic N) is 2. The van der Waals surface area contributed by atoms with Gasteiger partial charge in [-0.3, -0.25) is 0 Å².